The van der Waals surface area contributed by atoms with Crippen molar-refractivity contribution in [2.24, 2.45) is 0 Å². The van der Waals surface area contributed by atoms with E-state index in [9.17, 15) is 9.59 Å². The van der Waals surface area contributed by atoms with Crippen molar-refractivity contribution in [3.8, 4) is 5.75 Å². The van der Waals surface area contributed by atoms with Crippen molar-refractivity contribution in [3.05, 3.63) is 30.0 Å². The van der Waals surface area contributed by atoms with E-state index < -0.39 is 0 Å². The van der Waals surface area contributed by atoms with Crippen molar-refractivity contribution in [2.75, 3.05) is 13.7 Å². The van der Waals surface area contributed by atoms with Crippen molar-refractivity contribution in [3.63, 3.8) is 0 Å². The van der Waals surface area contributed by atoms with Crippen molar-refractivity contribution >= 4 is 22.8 Å². The van der Waals surface area contributed by atoms with Crippen LogP contribution >= 0.6 is 0 Å². The zero-order valence-electron chi connectivity index (χ0n) is 14.6. The van der Waals surface area contributed by atoms with Crippen molar-refractivity contribution in [1.82, 2.24) is 10.6 Å². The molecule has 3 heterocycles. The molecule has 4 rings (SSSR count). The Hall–Kier alpha value is -2.54. The fraction of sp³-hybridized carbons (Fsp3) is 0.474. The van der Waals surface area contributed by atoms with E-state index in [-0.39, 0.29) is 35.8 Å². The zero-order chi connectivity index (χ0) is 18.1. The summed E-state index contributed by atoms with van der Waals surface area (Å²) in [6, 6.07) is 6.93. The molecule has 0 bridgehead atoms. The quantitative estimate of drug-likeness (QED) is 0.872. The van der Waals surface area contributed by atoms with Gasteiger partial charge in [-0.15, -0.1) is 0 Å². The number of rotatable bonds is 4. The third-order valence-corrected chi connectivity index (χ3v) is 5.09. The Morgan fingerprint density at radius 2 is 2.15 bits per heavy atom. The topological polar surface area (TPSA) is 89.8 Å². The summed E-state index contributed by atoms with van der Waals surface area (Å²) in [6.45, 7) is 0.690. The highest BCUT2D eigenvalue weighted by Crippen LogP contribution is 2.33. The summed E-state index contributed by atoms with van der Waals surface area (Å²) in [6.07, 6.45) is 2.73. The SMILES string of the molecule is COc1c(C(=O)N[C@H]2CCC(=O)N[C@@H]2C2CCCO2)oc2ccccc12. The van der Waals surface area contributed by atoms with Gasteiger partial charge in [0.05, 0.1) is 30.7 Å². The summed E-state index contributed by atoms with van der Waals surface area (Å²) in [4.78, 5) is 24.7. The minimum atomic E-state index is -0.345. The molecule has 7 heteroatoms. The molecule has 2 aromatic rings. The van der Waals surface area contributed by atoms with E-state index in [1.165, 1.54) is 7.11 Å². The first kappa shape index (κ1) is 16.9. The van der Waals surface area contributed by atoms with Crippen molar-refractivity contribution in [2.45, 2.75) is 43.9 Å². The molecule has 2 fully saturated rings. The molecule has 2 aliphatic rings. The normalized spacial score (nSPS) is 25.9. The number of hydrogen-bond acceptors (Lipinski definition) is 5. The second kappa shape index (κ2) is 6.99. The predicted octanol–water partition coefficient (Wildman–Crippen LogP) is 2.00. The van der Waals surface area contributed by atoms with Gasteiger partial charge in [-0.2, -0.15) is 0 Å². The maximum atomic E-state index is 12.9. The summed E-state index contributed by atoms with van der Waals surface area (Å²) in [7, 11) is 1.52. The average Bonchev–Trinajstić information content (AvgIpc) is 3.30. The van der Waals surface area contributed by atoms with Crippen LogP contribution in [-0.4, -0.2) is 43.7 Å². The monoisotopic (exact) mass is 358 g/mol. The van der Waals surface area contributed by atoms with E-state index >= 15 is 0 Å². The van der Waals surface area contributed by atoms with Gasteiger partial charge < -0.3 is 24.5 Å². The molecule has 1 aromatic heterocycles. The first-order valence-corrected chi connectivity index (χ1v) is 8.94. The molecule has 1 aromatic carbocycles. The Labute approximate surface area is 151 Å². The van der Waals surface area contributed by atoms with Crippen LogP contribution in [0.4, 0.5) is 0 Å². The van der Waals surface area contributed by atoms with Gasteiger partial charge in [0.15, 0.2) is 5.75 Å². The van der Waals surface area contributed by atoms with Crippen LogP contribution in [0.5, 0.6) is 5.75 Å². The number of carbonyl (C=O) groups excluding carboxylic acids is 2. The molecule has 26 heavy (non-hydrogen) atoms. The molecule has 0 spiro atoms. The lowest BCUT2D eigenvalue weighted by Crippen LogP contribution is -2.60. The fourth-order valence-corrected chi connectivity index (χ4v) is 3.83. The summed E-state index contributed by atoms with van der Waals surface area (Å²) in [5, 5.41) is 6.75. The van der Waals surface area contributed by atoms with E-state index in [4.69, 9.17) is 13.9 Å². The number of amides is 2. The largest absolute Gasteiger partial charge is 0.492 e. The first-order chi connectivity index (χ1) is 12.7. The second-order valence-electron chi connectivity index (χ2n) is 6.72. The highest BCUT2D eigenvalue weighted by molar-refractivity contribution is 6.01. The van der Waals surface area contributed by atoms with Gasteiger partial charge in [-0.3, -0.25) is 9.59 Å². The van der Waals surface area contributed by atoms with Gasteiger partial charge in [-0.1, -0.05) is 12.1 Å². The summed E-state index contributed by atoms with van der Waals surface area (Å²) in [5.41, 5.74) is 0.599. The zero-order valence-corrected chi connectivity index (χ0v) is 14.6. The molecular formula is C19H22N2O5. The molecule has 1 unspecified atom stereocenters. The van der Waals surface area contributed by atoms with E-state index in [0.29, 0.717) is 30.8 Å². The van der Waals surface area contributed by atoms with Crippen LogP contribution in [0.15, 0.2) is 28.7 Å². The number of piperidine rings is 1. The van der Waals surface area contributed by atoms with Crippen LogP contribution in [-0.2, 0) is 9.53 Å². The van der Waals surface area contributed by atoms with E-state index in [2.05, 4.69) is 10.6 Å². The van der Waals surface area contributed by atoms with Crippen LogP contribution in [0, 0.1) is 0 Å². The fourth-order valence-electron chi connectivity index (χ4n) is 3.83. The Morgan fingerprint density at radius 3 is 2.92 bits per heavy atom. The van der Waals surface area contributed by atoms with Crippen molar-refractivity contribution in [1.29, 1.82) is 0 Å². The summed E-state index contributed by atoms with van der Waals surface area (Å²) >= 11 is 0. The molecule has 0 saturated carbocycles. The third kappa shape index (κ3) is 3.03. The Kier molecular flexibility index (Phi) is 4.55. The first-order valence-electron chi connectivity index (χ1n) is 8.94. The summed E-state index contributed by atoms with van der Waals surface area (Å²) in [5.74, 6) is 0.225. The van der Waals surface area contributed by atoms with Gasteiger partial charge in [-0.05, 0) is 31.4 Å². The lowest BCUT2D eigenvalue weighted by molar-refractivity contribution is -0.125. The Balaban J connectivity index is 1.57. The second-order valence-corrected chi connectivity index (χ2v) is 6.72. The Morgan fingerprint density at radius 1 is 1.31 bits per heavy atom. The highest BCUT2D eigenvalue weighted by Gasteiger charge is 2.38. The number of hydrogen-bond donors (Lipinski definition) is 2. The van der Waals surface area contributed by atoms with Gasteiger partial charge in [0, 0.05) is 13.0 Å². The van der Waals surface area contributed by atoms with E-state index in [1.807, 2.05) is 18.2 Å². The van der Waals surface area contributed by atoms with Crippen LogP contribution in [0.25, 0.3) is 11.0 Å². The number of methoxy groups -OCH3 is 1. The van der Waals surface area contributed by atoms with Gasteiger partial charge in [0.25, 0.3) is 5.91 Å². The van der Waals surface area contributed by atoms with Crippen LogP contribution in [0.3, 0.4) is 0 Å². The van der Waals surface area contributed by atoms with Crippen LogP contribution < -0.4 is 15.4 Å². The number of carbonyl (C=O) groups is 2. The number of furan rings is 1. The maximum Gasteiger partial charge on any atom is 0.291 e. The average molecular weight is 358 g/mol. The molecule has 138 valence electrons. The smallest absolute Gasteiger partial charge is 0.291 e. The number of fused-ring (bicyclic) bond motifs is 1. The molecular weight excluding hydrogens is 336 g/mol. The number of nitrogens with one attached hydrogen (secondary N) is 2. The molecule has 2 aliphatic heterocycles. The molecule has 0 radical (unpaired) electrons. The van der Waals surface area contributed by atoms with Crippen LogP contribution in [0.2, 0.25) is 0 Å². The van der Waals surface area contributed by atoms with Crippen LogP contribution in [0.1, 0.15) is 36.2 Å². The van der Waals surface area contributed by atoms with Gasteiger partial charge in [0.2, 0.25) is 11.7 Å². The van der Waals surface area contributed by atoms with Gasteiger partial charge in [-0.25, -0.2) is 0 Å². The number of benzene rings is 1. The third-order valence-electron chi connectivity index (χ3n) is 5.09. The van der Waals surface area contributed by atoms with Gasteiger partial charge in [0.1, 0.15) is 5.58 Å². The molecule has 2 amide bonds. The van der Waals surface area contributed by atoms with E-state index in [1.54, 1.807) is 6.07 Å². The molecule has 2 saturated heterocycles. The molecule has 2 N–H and O–H groups in total. The number of ether oxygens (including phenoxy) is 2. The summed E-state index contributed by atoms with van der Waals surface area (Å²) < 4.78 is 16.9. The molecule has 3 atom stereocenters. The predicted molar refractivity (Wildman–Crippen MR) is 94.2 cm³/mol. The van der Waals surface area contributed by atoms with Crippen molar-refractivity contribution < 1.29 is 23.5 Å². The highest BCUT2D eigenvalue weighted by atomic mass is 16.5. The Bertz CT molecular complexity index is 824. The van der Waals surface area contributed by atoms with E-state index in [0.717, 1.165) is 18.2 Å². The lowest BCUT2D eigenvalue weighted by atomic mass is 9.92. The lowest BCUT2D eigenvalue weighted by Gasteiger charge is -2.35. The minimum Gasteiger partial charge on any atom is -0.492 e. The number of para-hydroxylation sites is 1. The van der Waals surface area contributed by atoms with Gasteiger partial charge >= 0.3 is 0 Å². The molecule has 7 nitrogen and oxygen atoms in total. The standard InChI is InChI=1S/C19H22N2O5/c1-24-17-11-5-2-3-6-13(11)26-18(17)19(23)20-12-8-9-15(22)21-16(12)14-7-4-10-25-14/h2-3,5-6,12,14,16H,4,7-10H2,1H3,(H,20,23)(H,21,22)/t12-,14?,16-/m0/s1. The molecule has 0 aliphatic carbocycles. The minimum absolute atomic E-state index is 0.00248. The maximum absolute atomic E-state index is 12.9.